The second kappa shape index (κ2) is 9.13. The van der Waals surface area contributed by atoms with Crippen molar-refractivity contribution >= 4 is 11.9 Å². The van der Waals surface area contributed by atoms with Crippen molar-refractivity contribution in [1.29, 1.82) is 0 Å². The Kier molecular flexibility index (Phi) is 7.07. The maximum atomic E-state index is 13.7. The van der Waals surface area contributed by atoms with E-state index in [9.17, 15) is 22.8 Å². The summed E-state index contributed by atoms with van der Waals surface area (Å²) in [7, 11) is 0. The fourth-order valence-electron chi connectivity index (χ4n) is 3.29. The third-order valence-corrected chi connectivity index (χ3v) is 4.40. The van der Waals surface area contributed by atoms with Crippen molar-refractivity contribution in [3.05, 3.63) is 57.9 Å². The van der Waals surface area contributed by atoms with Gasteiger partial charge in [0.2, 0.25) is 0 Å². The maximum Gasteiger partial charge on any atom is 0.416 e. The fourth-order valence-corrected chi connectivity index (χ4v) is 3.29. The van der Waals surface area contributed by atoms with E-state index >= 15 is 0 Å². The molecule has 0 amide bonds. The second-order valence-electron chi connectivity index (χ2n) is 6.37. The van der Waals surface area contributed by atoms with E-state index in [1.54, 1.807) is 13.8 Å². The van der Waals surface area contributed by atoms with Crippen LogP contribution in [0.5, 0.6) is 0 Å². The number of esters is 2. The molecule has 1 aliphatic rings. The molecule has 0 saturated heterocycles. The Hall–Kier alpha value is -2.81. The van der Waals surface area contributed by atoms with Gasteiger partial charge in [0.1, 0.15) is 6.61 Å². The number of rotatable bonds is 6. The van der Waals surface area contributed by atoms with Gasteiger partial charge < -0.3 is 20.5 Å². The number of hydrogen-bond donors (Lipinski definition) is 2. The summed E-state index contributed by atoms with van der Waals surface area (Å²) in [6.07, 6.45) is -4.69. The van der Waals surface area contributed by atoms with Crippen LogP contribution in [0.3, 0.4) is 0 Å². The summed E-state index contributed by atoms with van der Waals surface area (Å²) < 4.78 is 51.3. The number of dihydropyridines is 1. The molecule has 1 aliphatic heterocycles. The quantitative estimate of drug-likeness (QED) is 0.698. The lowest BCUT2D eigenvalue weighted by atomic mass is 9.78. The van der Waals surface area contributed by atoms with Gasteiger partial charge in [-0.2, -0.15) is 13.2 Å². The Morgan fingerprint density at radius 2 is 1.62 bits per heavy atom. The fraction of sp³-hybridized carbons (Fsp3) is 0.400. The van der Waals surface area contributed by atoms with Gasteiger partial charge in [-0.15, -0.1) is 0 Å². The van der Waals surface area contributed by atoms with Crippen molar-refractivity contribution in [3.8, 4) is 0 Å². The van der Waals surface area contributed by atoms with Gasteiger partial charge in [0.25, 0.3) is 0 Å². The van der Waals surface area contributed by atoms with Crippen molar-refractivity contribution in [1.82, 2.24) is 5.32 Å². The molecule has 158 valence electrons. The van der Waals surface area contributed by atoms with Crippen molar-refractivity contribution in [2.45, 2.75) is 32.9 Å². The predicted octanol–water partition coefficient (Wildman–Crippen LogP) is 3.01. The average Bonchev–Trinajstić information content (AvgIpc) is 2.64. The predicted molar refractivity (Wildman–Crippen MR) is 99.4 cm³/mol. The molecule has 29 heavy (non-hydrogen) atoms. The van der Waals surface area contributed by atoms with Crippen LogP contribution in [0.4, 0.5) is 13.2 Å². The smallest absolute Gasteiger partial charge is 0.416 e. The second-order valence-corrected chi connectivity index (χ2v) is 6.37. The van der Waals surface area contributed by atoms with E-state index < -0.39 is 29.6 Å². The van der Waals surface area contributed by atoms with E-state index in [4.69, 9.17) is 15.2 Å². The molecule has 3 N–H and O–H groups in total. The first-order chi connectivity index (χ1) is 13.6. The highest BCUT2D eigenvalue weighted by Gasteiger charge is 2.43. The molecule has 0 radical (unpaired) electrons. The van der Waals surface area contributed by atoms with Gasteiger partial charge >= 0.3 is 18.1 Å². The van der Waals surface area contributed by atoms with Gasteiger partial charge in [-0.1, -0.05) is 18.2 Å². The minimum Gasteiger partial charge on any atom is -0.463 e. The van der Waals surface area contributed by atoms with Gasteiger partial charge in [0.05, 0.1) is 29.2 Å². The lowest BCUT2D eigenvalue weighted by Crippen LogP contribution is -2.33. The van der Waals surface area contributed by atoms with Crippen LogP contribution in [0, 0.1) is 0 Å². The number of alkyl halides is 3. The standard InChI is InChI=1S/C20H23F3N2O4/c1-4-28-18(26)15-11(2)25-12(3)16(19(27)29-10-9-24)17(15)13-7-5-6-8-14(13)20(21,22)23/h5-8,17,25H,4,9-10,24H2,1-3H3. The number of hydrogen-bond acceptors (Lipinski definition) is 6. The molecular formula is C20H23F3N2O4. The summed E-state index contributed by atoms with van der Waals surface area (Å²) in [5, 5.41) is 2.88. The molecule has 0 aliphatic carbocycles. The molecule has 1 heterocycles. The van der Waals surface area contributed by atoms with E-state index in [2.05, 4.69) is 5.32 Å². The first kappa shape index (κ1) is 22.5. The molecule has 0 aromatic heterocycles. The minimum atomic E-state index is -4.69. The van der Waals surface area contributed by atoms with Crippen LogP contribution >= 0.6 is 0 Å². The summed E-state index contributed by atoms with van der Waals surface area (Å²) >= 11 is 0. The summed E-state index contributed by atoms with van der Waals surface area (Å²) in [6.45, 7) is 4.63. The Morgan fingerprint density at radius 3 is 2.14 bits per heavy atom. The molecule has 9 heteroatoms. The number of ether oxygens (including phenoxy) is 2. The molecule has 0 bridgehead atoms. The Morgan fingerprint density at radius 1 is 1.07 bits per heavy atom. The van der Waals surface area contributed by atoms with Crippen LogP contribution in [0.2, 0.25) is 0 Å². The maximum absolute atomic E-state index is 13.7. The molecule has 1 atom stereocenters. The number of halogens is 3. The zero-order chi connectivity index (χ0) is 21.8. The number of carbonyl (C=O) groups excluding carboxylic acids is 2. The average molecular weight is 412 g/mol. The van der Waals surface area contributed by atoms with Crippen LogP contribution in [-0.4, -0.2) is 31.7 Å². The van der Waals surface area contributed by atoms with Crippen LogP contribution in [-0.2, 0) is 25.2 Å². The van der Waals surface area contributed by atoms with E-state index in [-0.39, 0.29) is 36.5 Å². The third kappa shape index (κ3) is 4.79. The molecule has 6 nitrogen and oxygen atoms in total. The minimum absolute atomic E-state index is 0.0267. The first-order valence-electron chi connectivity index (χ1n) is 9.02. The zero-order valence-corrected chi connectivity index (χ0v) is 16.4. The molecule has 0 spiro atoms. The number of nitrogens with two attached hydrogens (primary N) is 1. The SMILES string of the molecule is CCOC(=O)C1=C(C)NC(C)=C(C(=O)OCCN)C1c1ccccc1C(F)(F)F. The van der Waals surface area contributed by atoms with Gasteiger partial charge in [-0.3, -0.25) is 0 Å². The van der Waals surface area contributed by atoms with Crippen LogP contribution < -0.4 is 11.1 Å². The highest BCUT2D eigenvalue weighted by atomic mass is 19.4. The van der Waals surface area contributed by atoms with Crippen LogP contribution in [0.1, 0.15) is 37.8 Å². The largest absolute Gasteiger partial charge is 0.463 e. The lowest BCUT2D eigenvalue weighted by molar-refractivity contribution is -0.142. The molecule has 2 rings (SSSR count). The number of allylic oxidation sites excluding steroid dienone is 2. The van der Waals surface area contributed by atoms with Crippen LogP contribution in [0.25, 0.3) is 0 Å². The van der Waals surface area contributed by atoms with Gasteiger partial charge in [-0.25, -0.2) is 9.59 Å². The summed E-state index contributed by atoms with van der Waals surface area (Å²) in [4.78, 5) is 25.4. The third-order valence-electron chi connectivity index (χ3n) is 4.40. The van der Waals surface area contributed by atoms with Crippen molar-refractivity contribution in [3.63, 3.8) is 0 Å². The molecule has 1 aromatic rings. The van der Waals surface area contributed by atoms with Crippen molar-refractivity contribution in [2.75, 3.05) is 19.8 Å². The molecule has 0 fully saturated rings. The molecule has 1 aromatic carbocycles. The monoisotopic (exact) mass is 412 g/mol. The summed E-state index contributed by atoms with van der Waals surface area (Å²) in [6, 6.07) is 4.82. The van der Waals surface area contributed by atoms with Gasteiger partial charge in [0.15, 0.2) is 0 Å². The Bertz CT molecular complexity index is 860. The molecular weight excluding hydrogens is 389 g/mol. The summed E-state index contributed by atoms with van der Waals surface area (Å²) in [5.41, 5.74) is 4.61. The molecule has 1 unspecified atom stereocenters. The van der Waals surface area contributed by atoms with Gasteiger partial charge in [-0.05, 0) is 32.4 Å². The number of benzene rings is 1. The lowest BCUT2D eigenvalue weighted by Gasteiger charge is -2.31. The topological polar surface area (TPSA) is 90.6 Å². The summed E-state index contributed by atoms with van der Waals surface area (Å²) in [5.74, 6) is -2.97. The van der Waals surface area contributed by atoms with E-state index in [0.717, 1.165) is 6.07 Å². The normalized spacial score (nSPS) is 17.1. The highest BCUT2D eigenvalue weighted by Crippen LogP contribution is 2.44. The Labute approximate surface area is 166 Å². The molecule has 0 saturated carbocycles. The zero-order valence-electron chi connectivity index (χ0n) is 16.4. The van der Waals surface area contributed by atoms with Gasteiger partial charge in [0, 0.05) is 17.9 Å². The van der Waals surface area contributed by atoms with E-state index in [0.29, 0.717) is 11.4 Å². The first-order valence-corrected chi connectivity index (χ1v) is 9.02. The van der Waals surface area contributed by atoms with Crippen LogP contribution in [0.15, 0.2) is 46.8 Å². The number of nitrogens with one attached hydrogen (secondary N) is 1. The number of carbonyl (C=O) groups is 2. The van der Waals surface area contributed by atoms with Crippen molar-refractivity contribution < 1.29 is 32.2 Å². The van der Waals surface area contributed by atoms with Crippen molar-refractivity contribution in [2.24, 2.45) is 5.73 Å². The van der Waals surface area contributed by atoms with E-state index in [1.165, 1.54) is 25.1 Å². The highest BCUT2D eigenvalue weighted by molar-refractivity contribution is 6.00. The Balaban J connectivity index is 2.74. The van der Waals surface area contributed by atoms with E-state index in [1.807, 2.05) is 0 Å².